The maximum absolute atomic E-state index is 10.7. The Hall–Kier alpha value is 1.82. The third-order valence-electron chi connectivity index (χ3n) is 2.68. The molecular formula is C14H26F6FeP4+. The number of rotatable bonds is 0. The monoisotopic (exact) mass is 488 g/mol. The molecule has 0 spiro atoms. The van der Waals surface area contributed by atoms with E-state index in [9.17, 15) is 25.2 Å². The van der Waals surface area contributed by atoms with E-state index >= 15 is 0 Å². The Morgan fingerprint density at radius 1 is 0.480 bits per heavy atom. The van der Waals surface area contributed by atoms with Crippen LogP contribution in [0.3, 0.4) is 0 Å². The van der Waals surface area contributed by atoms with Crippen LogP contribution in [0.5, 0.6) is 0 Å². The predicted octanol–water partition coefficient (Wildman–Crippen LogP) is 7.61. The molecule has 0 atom stereocenters. The molecule has 2 rings (SSSR count). The second kappa shape index (κ2) is 13.9. The van der Waals surface area contributed by atoms with Crippen molar-refractivity contribution in [3.8, 4) is 0 Å². The molecule has 1 heterocycles. The summed E-state index contributed by atoms with van der Waals surface area (Å²) in [5.41, 5.74) is 0. The van der Waals surface area contributed by atoms with Gasteiger partial charge in [-0.05, 0) is 88.3 Å². The summed E-state index contributed by atoms with van der Waals surface area (Å²) in [5, 5.41) is 0. The van der Waals surface area contributed by atoms with E-state index < -0.39 is 7.81 Å². The Kier molecular flexibility index (Phi) is 16.1. The van der Waals surface area contributed by atoms with E-state index in [1.807, 2.05) is 32.1 Å². The van der Waals surface area contributed by atoms with Crippen molar-refractivity contribution in [1.29, 1.82) is 0 Å². The van der Waals surface area contributed by atoms with Crippen LogP contribution in [0.4, 0.5) is 25.2 Å². The van der Waals surface area contributed by atoms with Gasteiger partial charge in [0.15, 0.2) is 0 Å². The Labute approximate surface area is 164 Å². The van der Waals surface area contributed by atoms with E-state index in [4.69, 9.17) is 0 Å². The Bertz CT molecular complexity index is 246. The van der Waals surface area contributed by atoms with Gasteiger partial charge in [-0.2, -0.15) is 0 Å². The summed E-state index contributed by atoms with van der Waals surface area (Å²) >= 11 is 0. The van der Waals surface area contributed by atoms with Crippen molar-refractivity contribution in [3.63, 3.8) is 0 Å². The van der Waals surface area contributed by atoms with Crippen molar-refractivity contribution in [3.05, 3.63) is 32.1 Å². The van der Waals surface area contributed by atoms with Gasteiger partial charge >= 0.3 is 50.1 Å². The summed E-state index contributed by atoms with van der Waals surface area (Å²) in [7, 11) is -6.80. The fraction of sp³-hybridized carbons (Fsp3) is 0.643. The third kappa shape index (κ3) is 41.4. The molecule has 0 amide bonds. The van der Waals surface area contributed by atoms with Gasteiger partial charge in [0.25, 0.3) is 0 Å². The first-order valence-corrected chi connectivity index (χ1v) is 14.1. The van der Waals surface area contributed by atoms with E-state index in [0.717, 1.165) is 0 Å². The molecule has 0 aromatic heterocycles. The van der Waals surface area contributed by atoms with Gasteiger partial charge in [0.1, 0.15) is 0 Å². The van der Waals surface area contributed by atoms with Gasteiger partial charge < -0.3 is 0 Å². The zero-order chi connectivity index (χ0) is 18.4. The van der Waals surface area contributed by atoms with Crippen LogP contribution in [-0.4, -0.2) is 37.0 Å². The molecular weight excluding hydrogens is 462 g/mol. The Morgan fingerprint density at radius 3 is 0.800 bits per heavy atom. The van der Waals surface area contributed by atoms with Crippen LogP contribution in [0.25, 0.3) is 0 Å². The molecule has 1 aliphatic heterocycles. The molecule has 1 saturated heterocycles. The standard InChI is InChI=1S/C9H21P3.C5H5.F6P.Fe/c1-4-10-6-2-8-12-9-3-7-11-5-1;1-2-4-5-3-1;1-7(2,3,4,5)6;/h10-12H,1-9H2;1-5H;;/q;;-1;+2. The SMILES string of the molecule is C1CPCCCPCCCPC1.F[P-](F)(F)(F)(F)F.[CH]1[CH][CH][CH][CH]1.[Fe+2]. The third-order valence-corrected chi connectivity index (χ3v) is 6.92. The Morgan fingerprint density at radius 2 is 0.640 bits per heavy atom. The largest absolute Gasteiger partial charge is 2.00 e. The van der Waals surface area contributed by atoms with Gasteiger partial charge in [-0.25, -0.2) is 0 Å². The quantitative estimate of drug-likeness (QED) is 0.187. The fourth-order valence-corrected chi connectivity index (χ4v) is 6.08. The summed E-state index contributed by atoms with van der Waals surface area (Å²) in [4.78, 5) is 0. The zero-order valence-electron chi connectivity index (χ0n) is 13.8. The van der Waals surface area contributed by atoms with E-state index in [2.05, 4.69) is 0 Å². The van der Waals surface area contributed by atoms with Gasteiger partial charge in [0.2, 0.25) is 0 Å². The van der Waals surface area contributed by atoms with Crippen molar-refractivity contribution in [2.24, 2.45) is 0 Å². The van der Waals surface area contributed by atoms with Crippen molar-refractivity contribution < 1.29 is 42.3 Å². The van der Waals surface area contributed by atoms with Crippen LogP contribution < -0.4 is 0 Å². The van der Waals surface area contributed by atoms with Crippen LogP contribution in [0, 0.1) is 32.1 Å². The van der Waals surface area contributed by atoms with Crippen molar-refractivity contribution >= 4 is 33.6 Å². The molecule has 0 nitrogen and oxygen atoms in total. The van der Waals surface area contributed by atoms with E-state index in [0.29, 0.717) is 0 Å². The smallest absolute Gasteiger partial charge is 0.0312 e. The summed E-state index contributed by atoms with van der Waals surface area (Å²) in [5.74, 6) is 0. The van der Waals surface area contributed by atoms with Gasteiger partial charge in [0.05, 0.1) is 0 Å². The summed E-state index contributed by atoms with van der Waals surface area (Å²) in [6, 6.07) is 0. The van der Waals surface area contributed by atoms with Crippen molar-refractivity contribution in [1.82, 2.24) is 0 Å². The minimum absolute atomic E-state index is 0. The van der Waals surface area contributed by atoms with E-state index in [1.54, 1.807) is 0 Å². The van der Waals surface area contributed by atoms with Crippen molar-refractivity contribution in [2.45, 2.75) is 19.3 Å². The maximum atomic E-state index is 9.87. The van der Waals surface area contributed by atoms with E-state index in [1.165, 1.54) is 82.0 Å². The first-order chi connectivity index (χ1) is 10.9. The van der Waals surface area contributed by atoms with E-state index in [-0.39, 0.29) is 17.1 Å². The topological polar surface area (TPSA) is 0 Å². The second-order valence-corrected chi connectivity index (χ2v) is 11.6. The zero-order valence-corrected chi connectivity index (χ0v) is 18.8. The molecule has 0 unspecified atom stereocenters. The normalized spacial score (nSPS) is 25.7. The predicted molar refractivity (Wildman–Crippen MR) is 103 cm³/mol. The average molecular weight is 488 g/mol. The van der Waals surface area contributed by atoms with Gasteiger partial charge in [-0.15, -0.1) is 25.7 Å². The molecule has 0 bridgehead atoms. The molecule has 25 heavy (non-hydrogen) atoms. The average Bonchev–Trinajstić information content (AvgIpc) is 2.94. The fourth-order valence-electron chi connectivity index (χ4n) is 1.71. The molecule has 2 fully saturated rings. The minimum Gasteiger partial charge on any atom is -0.0312 e. The number of hydrogen-bond acceptors (Lipinski definition) is 0. The van der Waals surface area contributed by atoms with Crippen LogP contribution in [0.1, 0.15) is 19.3 Å². The van der Waals surface area contributed by atoms with Gasteiger partial charge in [-0.1, -0.05) is 0 Å². The molecule has 1 aliphatic carbocycles. The molecule has 0 aromatic carbocycles. The first kappa shape index (κ1) is 29.0. The van der Waals surface area contributed by atoms with Gasteiger partial charge in [-0.3, -0.25) is 0 Å². The number of halogens is 6. The van der Waals surface area contributed by atoms with Crippen LogP contribution in [0.2, 0.25) is 0 Å². The van der Waals surface area contributed by atoms with Crippen LogP contribution in [0.15, 0.2) is 0 Å². The van der Waals surface area contributed by atoms with Crippen LogP contribution >= 0.6 is 33.6 Å². The molecule has 0 aromatic rings. The second-order valence-electron chi connectivity index (χ2n) is 5.23. The molecule has 151 valence electrons. The molecule has 11 heteroatoms. The Balaban J connectivity index is 0. The molecule has 0 N–H and O–H groups in total. The maximum Gasteiger partial charge on any atom is 2.00 e. The first-order valence-electron chi connectivity index (χ1n) is 7.80. The summed E-state index contributed by atoms with van der Waals surface area (Å²) in [6.45, 7) is 0. The van der Waals surface area contributed by atoms with Gasteiger partial charge in [0, 0.05) is 0 Å². The molecule has 5 radical (unpaired) electrons. The summed E-state index contributed by atoms with van der Waals surface area (Å²) < 4.78 is 59.2. The molecule has 2 aliphatic rings. The van der Waals surface area contributed by atoms with Crippen LogP contribution in [-0.2, 0) is 17.1 Å². The minimum atomic E-state index is -10.7. The van der Waals surface area contributed by atoms with Crippen molar-refractivity contribution in [2.75, 3.05) is 37.0 Å². The number of hydrogen-bond donors (Lipinski definition) is 0. The summed E-state index contributed by atoms with van der Waals surface area (Å²) in [6.07, 6.45) is 23.8. The molecule has 1 saturated carbocycles.